The van der Waals surface area contributed by atoms with Crippen LogP contribution in [-0.2, 0) is 17.9 Å². The first-order valence-electron chi connectivity index (χ1n) is 8.89. The summed E-state index contributed by atoms with van der Waals surface area (Å²) >= 11 is 0. The highest BCUT2D eigenvalue weighted by atomic mass is 16.5. The molecule has 0 fully saturated rings. The second kappa shape index (κ2) is 7.14. The molecule has 5 nitrogen and oxygen atoms in total. The zero-order chi connectivity index (χ0) is 17.9. The van der Waals surface area contributed by atoms with Crippen LogP contribution in [-0.4, -0.2) is 21.2 Å². The van der Waals surface area contributed by atoms with E-state index in [1.54, 1.807) is 0 Å². The van der Waals surface area contributed by atoms with Crippen LogP contribution in [0.5, 0.6) is 0 Å². The van der Waals surface area contributed by atoms with E-state index >= 15 is 0 Å². The summed E-state index contributed by atoms with van der Waals surface area (Å²) in [6.07, 6.45) is 0. The fraction of sp³-hybridized carbons (Fsp3) is 0.238. The first-order chi connectivity index (χ1) is 12.7. The summed E-state index contributed by atoms with van der Waals surface area (Å²) in [5, 5.41) is 9.10. The third-order valence-corrected chi connectivity index (χ3v) is 4.38. The maximum atomic E-state index is 5.45. The normalized spacial score (nSPS) is 11.3. The van der Waals surface area contributed by atoms with Crippen molar-refractivity contribution in [1.82, 2.24) is 14.6 Å². The smallest absolute Gasteiger partial charge is 0.158 e. The molecule has 1 N–H and O–H groups in total. The van der Waals surface area contributed by atoms with Gasteiger partial charge in [0.15, 0.2) is 5.65 Å². The Labute approximate surface area is 152 Å². The van der Waals surface area contributed by atoms with Gasteiger partial charge in [0.25, 0.3) is 0 Å². The van der Waals surface area contributed by atoms with Gasteiger partial charge in [0.1, 0.15) is 5.82 Å². The van der Waals surface area contributed by atoms with Gasteiger partial charge in [0.2, 0.25) is 0 Å². The second-order valence-corrected chi connectivity index (χ2v) is 6.34. The Kier molecular flexibility index (Phi) is 4.54. The average molecular weight is 346 g/mol. The Morgan fingerprint density at radius 2 is 1.81 bits per heavy atom. The molecule has 26 heavy (non-hydrogen) atoms. The summed E-state index contributed by atoms with van der Waals surface area (Å²) in [5.74, 6) is 0.881. The predicted molar refractivity (Wildman–Crippen MR) is 104 cm³/mol. The summed E-state index contributed by atoms with van der Waals surface area (Å²) in [4.78, 5) is 4.77. The third-order valence-electron chi connectivity index (χ3n) is 4.38. The SMILES string of the molecule is CCOCc1ccc(CNc2nc3cc(C)nn3c3ccccc23)cc1. The maximum Gasteiger partial charge on any atom is 0.158 e. The number of hydrogen-bond acceptors (Lipinski definition) is 4. The van der Waals surface area contributed by atoms with E-state index in [-0.39, 0.29) is 0 Å². The zero-order valence-electron chi connectivity index (χ0n) is 15.1. The van der Waals surface area contributed by atoms with Crippen LogP contribution >= 0.6 is 0 Å². The van der Waals surface area contributed by atoms with Gasteiger partial charge in [-0.05, 0) is 37.1 Å². The molecule has 0 aliphatic carbocycles. The van der Waals surface area contributed by atoms with Gasteiger partial charge in [-0.3, -0.25) is 0 Å². The highest BCUT2D eigenvalue weighted by molar-refractivity contribution is 5.91. The number of rotatable bonds is 6. The predicted octanol–water partition coefficient (Wildman–Crippen LogP) is 4.34. The third kappa shape index (κ3) is 3.26. The minimum absolute atomic E-state index is 0.660. The Hall–Kier alpha value is -2.92. The van der Waals surface area contributed by atoms with E-state index in [2.05, 4.69) is 46.8 Å². The van der Waals surface area contributed by atoms with Crippen molar-refractivity contribution < 1.29 is 4.74 Å². The lowest BCUT2D eigenvalue weighted by Gasteiger charge is -2.11. The molecular formula is C21H22N4O. The van der Waals surface area contributed by atoms with Gasteiger partial charge in [-0.2, -0.15) is 5.10 Å². The molecule has 0 unspecified atom stereocenters. The van der Waals surface area contributed by atoms with E-state index in [0.717, 1.165) is 41.2 Å². The van der Waals surface area contributed by atoms with Crippen molar-refractivity contribution >= 4 is 22.4 Å². The summed E-state index contributed by atoms with van der Waals surface area (Å²) in [6.45, 7) is 6.11. The van der Waals surface area contributed by atoms with Crippen LogP contribution in [0.1, 0.15) is 23.7 Å². The molecule has 0 atom stereocenters. The van der Waals surface area contributed by atoms with E-state index in [0.29, 0.717) is 6.61 Å². The maximum absolute atomic E-state index is 5.45. The van der Waals surface area contributed by atoms with E-state index < -0.39 is 0 Å². The standard InChI is InChI=1S/C21H22N4O/c1-3-26-14-17-10-8-16(9-11-17)13-22-21-18-6-4-5-7-19(18)25-20(23-21)12-15(2)24-25/h4-12H,3,13-14H2,1-2H3,(H,22,23). The molecule has 0 amide bonds. The molecule has 4 rings (SSSR count). The van der Waals surface area contributed by atoms with Crippen molar-refractivity contribution in [2.24, 2.45) is 0 Å². The topological polar surface area (TPSA) is 51.5 Å². The van der Waals surface area contributed by atoms with Crippen molar-refractivity contribution in [3.63, 3.8) is 0 Å². The largest absolute Gasteiger partial charge is 0.377 e. The molecule has 0 bridgehead atoms. The zero-order valence-corrected chi connectivity index (χ0v) is 15.1. The number of para-hydroxylation sites is 1. The Morgan fingerprint density at radius 1 is 1.04 bits per heavy atom. The van der Waals surface area contributed by atoms with Crippen molar-refractivity contribution in [3.05, 3.63) is 71.4 Å². The molecule has 0 spiro atoms. The van der Waals surface area contributed by atoms with Crippen LogP contribution in [0.4, 0.5) is 5.82 Å². The Balaban J connectivity index is 1.60. The lowest BCUT2D eigenvalue weighted by Crippen LogP contribution is -2.05. The molecule has 2 aromatic heterocycles. The van der Waals surface area contributed by atoms with Gasteiger partial charge < -0.3 is 10.1 Å². The first-order valence-corrected chi connectivity index (χ1v) is 8.89. The summed E-state index contributed by atoms with van der Waals surface area (Å²) < 4.78 is 7.35. The second-order valence-electron chi connectivity index (χ2n) is 6.34. The minimum atomic E-state index is 0.660. The summed E-state index contributed by atoms with van der Waals surface area (Å²) in [5.41, 5.74) is 5.27. The number of benzene rings is 2. The van der Waals surface area contributed by atoms with Gasteiger partial charge in [0, 0.05) is 24.6 Å². The van der Waals surface area contributed by atoms with Gasteiger partial charge in [-0.25, -0.2) is 9.50 Å². The first kappa shape index (κ1) is 16.5. The van der Waals surface area contributed by atoms with E-state index in [1.165, 1.54) is 11.1 Å². The molecule has 2 heterocycles. The number of nitrogens with zero attached hydrogens (tertiary/aromatic N) is 3. The van der Waals surface area contributed by atoms with Crippen LogP contribution in [0.3, 0.4) is 0 Å². The average Bonchev–Trinajstić information content (AvgIpc) is 3.05. The fourth-order valence-electron chi connectivity index (χ4n) is 3.07. The van der Waals surface area contributed by atoms with Crippen LogP contribution in [0, 0.1) is 6.92 Å². The molecule has 5 heteroatoms. The van der Waals surface area contributed by atoms with Crippen LogP contribution in [0.25, 0.3) is 16.6 Å². The van der Waals surface area contributed by atoms with Gasteiger partial charge in [-0.1, -0.05) is 36.4 Å². The molecule has 2 aromatic carbocycles. The number of aryl methyl sites for hydroxylation is 1. The van der Waals surface area contributed by atoms with Gasteiger partial charge in [-0.15, -0.1) is 0 Å². The molecule has 0 aliphatic heterocycles. The number of nitrogens with one attached hydrogen (secondary N) is 1. The van der Waals surface area contributed by atoms with E-state index in [4.69, 9.17) is 9.72 Å². The van der Waals surface area contributed by atoms with Crippen molar-refractivity contribution in [1.29, 1.82) is 0 Å². The monoisotopic (exact) mass is 346 g/mol. The number of aromatic nitrogens is 3. The molecule has 132 valence electrons. The lowest BCUT2D eigenvalue weighted by molar-refractivity contribution is 0.134. The van der Waals surface area contributed by atoms with E-state index in [9.17, 15) is 0 Å². The molecular weight excluding hydrogens is 324 g/mol. The van der Waals surface area contributed by atoms with Gasteiger partial charge >= 0.3 is 0 Å². The summed E-state index contributed by atoms with van der Waals surface area (Å²) in [7, 11) is 0. The number of hydrogen-bond donors (Lipinski definition) is 1. The number of fused-ring (bicyclic) bond motifs is 3. The van der Waals surface area contributed by atoms with Crippen molar-refractivity contribution in [3.8, 4) is 0 Å². The number of anilines is 1. The van der Waals surface area contributed by atoms with Crippen LogP contribution in [0.15, 0.2) is 54.6 Å². The molecule has 0 saturated carbocycles. The Morgan fingerprint density at radius 3 is 2.62 bits per heavy atom. The molecule has 0 saturated heterocycles. The van der Waals surface area contributed by atoms with Crippen LogP contribution < -0.4 is 5.32 Å². The molecule has 4 aromatic rings. The molecule has 0 radical (unpaired) electrons. The van der Waals surface area contributed by atoms with E-state index in [1.807, 2.05) is 36.6 Å². The lowest BCUT2D eigenvalue weighted by atomic mass is 10.1. The minimum Gasteiger partial charge on any atom is -0.377 e. The Bertz CT molecular complexity index is 1040. The molecule has 0 aliphatic rings. The van der Waals surface area contributed by atoms with Crippen LogP contribution in [0.2, 0.25) is 0 Å². The van der Waals surface area contributed by atoms with Gasteiger partial charge in [0.05, 0.1) is 17.8 Å². The fourth-order valence-corrected chi connectivity index (χ4v) is 3.07. The highest BCUT2D eigenvalue weighted by Crippen LogP contribution is 2.23. The highest BCUT2D eigenvalue weighted by Gasteiger charge is 2.09. The quantitative estimate of drug-likeness (QED) is 0.564. The summed E-state index contributed by atoms with van der Waals surface area (Å²) in [6, 6.07) is 18.7. The van der Waals surface area contributed by atoms with Crippen molar-refractivity contribution in [2.75, 3.05) is 11.9 Å². The number of ether oxygens (including phenoxy) is 1. The van der Waals surface area contributed by atoms with Crippen molar-refractivity contribution in [2.45, 2.75) is 27.0 Å².